The molecule has 0 aromatic rings. The number of aliphatic carboxylic acids is 1. The molecule has 2 aliphatic rings. The maximum absolute atomic E-state index is 11.9. The monoisotopic (exact) mass is 271 g/mol. The van der Waals surface area contributed by atoms with Gasteiger partial charge in [-0.1, -0.05) is 0 Å². The van der Waals surface area contributed by atoms with E-state index in [-0.39, 0.29) is 12.6 Å². The molecule has 19 heavy (non-hydrogen) atoms. The van der Waals surface area contributed by atoms with Gasteiger partial charge in [-0.2, -0.15) is 0 Å². The van der Waals surface area contributed by atoms with E-state index in [1.807, 2.05) is 7.05 Å². The summed E-state index contributed by atoms with van der Waals surface area (Å²) in [5.74, 6) is -1.04. The number of hydrogen-bond acceptors (Lipinski definition) is 4. The predicted molar refractivity (Wildman–Crippen MR) is 68.0 cm³/mol. The van der Waals surface area contributed by atoms with Crippen molar-refractivity contribution in [1.82, 2.24) is 15.5 Å². The van der Waals surface area contributed by atoms with E-state index in [0.717, 1.165) is 25.9 Å². The van der Waals surface area contributed by atoms with Crippen LogP contribution < -0.4 is 10.6 Å². The molecular formula is C12H21N3O4. The highest BCUT2D eigenvalue weighted by Gasteiger charge is 2.44. The Morgan fingerprint density at radius 1 is 1.37 bits per heavy atom. The van der Waals surface area contributed by atoms with Crippen LogP contribution in [0, 0.1) is 0 Å². The van der Waals surface area contributed by atoms with Crippen molar-refractivity contribution in [2.24, 2.45) is 0 Å². The third-order valence-electron chi connectivity index (χ3n) is 3.84. The molecule has 0 aliphatic carbocycles. The molecule has 0 aromatic carbocycles. The summed E-state index contributed by atoms with van der Waals surface area (Å²) < 4.78 is 5.10. The summed E-state index contributed by atoms with van der Waals surface area (Å²) in [5.41, 5.74) is -1.27. The van der Waals surface area contributed by atoms with E-state index in [4.69, 9.17) is 4.74 Å². The molecule has 2 saturated heterocycles. The van der Waals surface area contributed by atoms with Gasteiger partial charge in [-0.3, -0.25) is 0 Å². The standard InChI is InChI=1S/C12H21N3O4/c1-15-5-2-9(3-6-15)13-11(18)14-12(10(16)17)4-7-19-8-12/h9H,2-8H2,1H3,(H,16,17)(H2,13,14,18). The van der Waals surface area contributed by atoms with Crippen LogP contribution in [0.4, 0.5) is 4.79 Å². The Morgan fingerprint density at radius 3 is 2.58 bits per heavy atom. The minimum absolute atomic E-state index is 0.0309. The topological polar surface area (TPSA) is 90.9 Å². The van der Waals surface area contributed by atoms with Gasteiger partial charge in [0.15, 0.2) is 5.54 Å². The number of carbonyl (C=O) groups excluding carboxylic acids is 1. The molecule has 2 aliphatic heterocycles. The fourth-order valence-corrected chi connectivity index (χ4v) is 2.48. The van der Waals surface area contributed by atoms with E-state index in [1.165, 1.54) is 0 Å². The summed E-state index contributed by atoms with van der Waals surface area (Å²) in [6, 6.07) is -0.299. The van der Waals surface area contributed by atoms with E-state index in [9.17, 15) is 14.7 Å². The third-order valence-corrected chi connectivity index (χ3v) is 3.84. The van der Waals surface area contributed by atoms with Crippen LogP contribution >= 0.6 is 0 Å². The minimum Gasteiger partial charge on any atom is -0.479 e. The molecule has 7 heteroatoms. The molecular weight excluding hydrogens is 250 g/mol. The van der Waals surface area contributed by atoms with Crippen LogP contribution in [0.1, 0.15) is 19.3 Å². The van der Waals surface area contributed by atoms with Gasteiger partial charge in [0.2, 0.25) is 0 Å². The number of ether oxygens (including phenoxy) is 1. The van der Waals surface area contributed by atoms with Crippen molar-refractivity contribution in [1.29, 1.82) is 0 Å². The van der Waals surface area contributed by atoms with Crippen molar-refractivity contribution < 1.29 is 19.4 Å². The van der Waals surface area contributed by atoms with Crippen molar-refractivity contribution in [3.05, 3.63) is 0 Å². The largest absolute Gasteiger partial charge is 0.479 e. The number of nitrogens with one attached hydrogen (secondary N) is 2. The fourth-order valence-electron chi connectivity index (χ4n) is 2.48. The van der Waals surface area contributed by atoms with Gasteiger partial charge >= 0.3 is 12.0 Å². The van der Waals surface area contributed by atoms with Gasteiger partial charge in [0.25, 0.3) is 0 Å². The van der Waals surface area contributed by atoms with Crippen LogP contribution in [-0.4, -0.2) is 66.9 Å². The highest BCUT2D eigenvalue weighted by atomic mass is 16.5. The van der Waals surface area contributed by atoms with Gasteiger partial charge in [0, 0.05) is 19.1 Å². The number of urea groups is 1. The summed E-state index contributed by atoms with van der Waals surface area (Å²) in [6.45, 7) is 2.28. The number of carbonyl (C=O) groups is 2. The minimum atomic E-state index is -1.27. The molecule has 1 atom stereocenters. The van der Waals surface area contributed by atoms with Crippen LogP contribution in [-0.2, 0) is 9.53 Å². The molecule has 1 unspecified atom stereocenters. The first kappa shape index (κ1) is 14.1. The lowest BCUT2D eigenvalue weighted by Crippen LogP contribution is -2.59. The van der Waals surface area contributed by atoms with Crippen molar-refractivity contribution in [3.63, 3.8) is 0 Å². The normalized spacial score (nSPS) is 29.1. The van der Waals surface area contributed by atoms with E-state index in [2.05, 4.69) is 15.5 Å². The molecule has 2 heterocycles. The second kappa shape index (κ2) is 5.75. The Morgan fingerprint density at radius 2 is 2.05 bits per heavy atom. The summed E-state index contributed by atoms with van der Waals surface area (Å²) >= 11 is 0. The zero-order chi connectivity index (χ0) is 13.9. The summed E-state index contributed by atoms with van der Waals surface area (Å²) in [7, 11) is 2.05. The first-order chi connectivity index (χ1) is 9.02. The highest BCUT2D eigenvalue weighted by Crippen LogP contribution is 2.19. The van der Waals surface area contributed by atoms with Gasteiger partial charge in [-0.25, -0.2) is 9.59 Å². The quantitative estimate of drug-likeness (QED) is 0.651. The molecule has 7 nitrogen and oxygen atoms in total. The van der Waals surface area contributed by atoms with Gasteiger partial charge in [0.05, 0.1) is 6.61 Å². The van der Waals surface area contributed by atoms with E-state index in [0.29, 0.717) is 13.0 Å². The van der Waals surface area contributed by atoms with Gasteiger partial charge in [0.1, 0.15) is 0 Å². The lowest BCUT2D eigenvalue weighted by Gasteiger charge is -2.31. The second-order valence-corrected chi connectivity index (χ2v) is 5.37. The van der Waals surface area contributed by atoms with Crippen molar-refractivity contribution >= 4 is 12.0 Å². The smallest absolute Gasteiger partial charge is 0.332 e. The van der Waals surface area contributed by atoms with Crippen molar-refractivity contribution in [2.75, 3.05) is 33.4 Å². The van der Waals surface area contributed by atoms with Crippen molar-refractivity contribution in [3.8, 4) is 0 Å². The van der Waals surface area contributed by atoms with E-state index >= 15 is 0 Å². The average Bonchev–Trinajstić information content (AvgIpc) is 2.82. The molecule has 0 saturated carbocycles. The lowest BCUT2D eigenvalue weighted by molar-refractivity contribution is -0.144. The molecule has 108 valence electrons. The summed E-state index contributed by atoms with van der Waals surface area (Å²) in [6.07, 6.45) is 2.09. The summed E-state index contributed by atoms with van der Waals surface area (Å²) in [4.78, 5) is 25.4. The molecule has 0 bridgehead atoms. The molecule has 2 rings (SSSR count). The Labute approximate surface area is 112 Å². The number of rotatable bonds is 3. The van der Waals surface area contributed by atoms with Gasteiger partial charge in [-0.05, 0) is 33.0 Å². The van der Waals surface area contributed by atoms with Crippen LogP contribution in [0.2, 0.25) is 0 Å². The van der Waals surface area contributed by atoms with Gasteiger partial charge < -0.3 is 25.4 Å². The second-order valence-electron chi connectivity index (χ2n) is 5.37. The summed E-state index contributed by atoms with van der Waals surface area (Å²) in [5, 5.41) is 14.6. The van der Waals surface area contributed by atoms with Gasteiger partial charge in [-0.15, -0.1) is 0 Å². The molecule has 0 radical (unpaired) electrons. The molecule has 2 fully saturated rings. The van der Waals surface area contributed by atoms with Crippen LogP contribution in [0.15, 0.2) is 0 Å². The molecule has 0 spiro atoms. The van der Waals surface area contributed by atoms with Crippen LogP contribution in [0.25, 0.3) is 0 Å². The average molecular weight is 271 g/mol. The van der Waals surface area contributed by atoms with Crippen LogP contribution in [0.3, 0.4) is 0 Å². The third kappa shape index (κ3) is 3.36. The molecule has 3 N–H and O–H groups in total. The Balaban J connectivity index is 1.85. The number of nitrogens with zero attached hydrogens (tertiary/aromatic N) is 1. The highest BCUT2D eigenvalue weighted by molar-refractivity contribution is 5.86. The predicted octanol–water partition coefficient (Wildman–Crippen LogP) is -0.376. The van der Waals surface area contributed by atoms with E-state index < -0.39 is 17.5 Å². The molecule has 0 aromatic heterocycles. The SMILES string of the molecule is CN1CCC(NC(=O)NC2(C(=O)O)CCOC2)CC1. The van der Waals surface area contributed by atoms with Crippen molar-refractivity contribution in [2.45, 2.75) is 30.8 Å². The Kier molecular flexibility index (Phi) is 4.26. The number of likely N-dealkylation sites (tertiary alicyclic amines) is 1. The fraction of sp³-hybridized carbons (Fsp3) is 0.833. The lowest BCUT2D eigenvalue weighted by atomic mass is 9.99. The maximum atomic E-state index is 11.9. The first-order valence-electron chi connectivity index (χ1n) is 6.60. The first-order valence-corrected chi connectivity index (χ1v) is 6.60. The van der Waals surface area contributed by atoms with Crippen LogP contribution in [0.5, 0.6) is 0 Å². The van der Waals surface area contributed by atoms with E-state index in [1.54, 1.807) is 0 Å². The number of carboxylic acids is 1. The number of piperidine rings is 1. The number of amides is 2. The zero-order valence-corrected chi connectivity index (χ0v) is 11.1. The number of carboxylic acid groups (broad SMARTS) is 1. The maximum Gasteiger partial charge on any atom is 0.332 e. The Hall–Kier alpha value is -1.34. The Bertz CT molecular complexity index is 347. The zero-order valence-electron chi connectivity index (χ0n) is 11.1. The molecule has 2 amide bonds. The number of hydrogen-bond donors (Lipinski definition) is 3.